The zero-order valence-electron chi connectivity index (χ0n) is 13.6. The molecule has 134 valence electrons. The topological polar surface area (TPSA) is 86.7 Å². The van der Waals surface area contributed by atoms with Gasteiger partial charge in [0.25, 0.3) is 10.0 Å². The predicted octanol–water partition coefficient (Wildman–Crippen LogP) is 4.43. The molecule has 0 atom stereocenters. The number of anilines is 2. The number of hydrogen-bond acceptors (Lipinski definition) is 3. The van der Waals surface area contributed by atoms with E-state index in [1.165, 1.54) is 29.2 Å². The van der Waals surface area contributed by atoms with Gasteiger partial charge in [0.15, 0.2) is 0 Å². The number of rotatable bonds is 7. The molecule has 0 saturated carbocycles. The molecule has 8 heteroatoms. The first-order valence-corrected chi connectivity index (χ1v) is 9.59. The van der Waals surface area contributed by atoms with Crippen molar-refractivity contribution in [2.45, 2.75) is 24.7 Å². The Morgan fingerprint density at radius 1 is 1.16 bits per heavy atom. The summed E-state index contributed by atoms with van der Waals surface area (Å²) < 4.78 is 27.3. The van der Waals surface area contributed by atoms with Crippen molar-refractivity contribution in [1.82, 2.24) is 0 Å². The Labute approximate surface area is 152 Å². The van der Waals surface area contributed by atoms with E-state index < -0.39 is 16.1 Å². The minimum Gasteiger partial charge on any atom is -0.465 e. The molecule has 2 N–H and O–H groups in total. The van der Waals surface area contributed by atoms with E-state index in [0.717, 1.165) is 12.8 Å². The molecule has 2 rings (SSSR count). The summed E-state index contributed by atoms with van der Waals surface area (Å²) in [6, 6.07) is 12.2. The van der Waals surface area contributed by atoms with Crippen molar-refractivity contribution in [3.63, 3.8) is 0 Å². The molecular weight excluding hydrogens is 364 g/mol. The average Bonchev–Trinajstić information content (AvgIpc) is 2.57. The number of nitrogens with one attached hydrogen (secondary N) is 1. The van der Waals surface area contributed by atoms with Crippen LogP contribution in [0.3, 0.4) is 0 Å². The maximum Gasteiger partial charge on any atom is 0.411 e. The van der Waals surface area contributed by atoms with Crippen molar-refractivity contribution < 1.29 is 18.3 Å². The summed E-state index contributed by atoms with van der Waals surface area (Å²) in [4.78, 5) is 12.6. The Balaban J connectivity index is 2.23. The second-order valence-corrected chi connectivity index (χ2v) is 7.46. The molecule has 0 bridgehead atoms. The molecule has 2 aromatic carbocycles. The lowest BCUT2D eigenvalue weighted by molar-refractivity contribution is 0.201. The van der Waals surface area contributed by atoms with Crippen LogP contribution >= 0.6 is 11.6 Å². The molecule has 0 spiro atoms. The lowest BCUT2D eigenvalue weighted by Gasteiger charge is -2.19. The quantitative estimate of drug-likeness (QED) is 0.741. The van der Waals surface area contributed by atoms with Gasteiger partial charge in [0, 0.05) is 12.2 Å². The number of hydrogen-bond donors (Lipinski definition) is 2. The van der Waals surface area contributed by atoms with Gasteiger partial charge in [0.05, 0.1) is 15.6 Å². The zero-order chi connectivity index (χ0) is 18.4. The van der Waals surface area contributed by atoms with Gasteiger partial charge in [-0.1, -0.05) is 37.1 Å². The molecule has 1 amide bonds. The number of carboxylic acid groups (broad SMARTS) is 1. The minimum atomic E-state index is -3.82. The second kappa shape index (κ2) is 8.22. The van der Waals surface area contributed by atoms with Gasteiger partial charge >= 0.3 is 6.09 Å². The van der Waals surface area contributed by atoms with E-state index in [2.05, 4.69) is 4.72 Å². The van der Waals surface area contributed by atoms with E-state index in [0.29, 0.717) is 17.3 Å². The lowest BCUT2D eigenvalue weighted by Crippen LogP contribution is -2.30. The maximum atomic E-state index is 12.4. The molecule has 0 saturated heterocycles. The van der Waals surface area contributed by atoms with Crippen molar-refractivity contribution in [2.24, 2.45) is 0 Å². The van der Waals surface area contributed by atoms with Crippen LogP contribution in [-0.4, -0.2) is 26.2 Å². The number of benzene rings is 2. The Kier molecular flexibility index (Phi) is 6.27. The van der Waals surface area contributed by atoms with Crippen molar-refractivity contribution in [3.05, 3.63) is 53.6 Å². The number of amides is 1. The van der Waals surface area contributed by atoms with E-state index in [9.17, 15) is 18.3 Å². The number of carbonyl (C=O) groups is 1. The molecule has 0 heterocycles. The number of nitrogens with zero attached hydrogens (tertiary/aromatic N) is 1. The van der Waals surface area contributed by atoms with Crippen LogP contribution in [0.5, 0.6) is 0 Å². The van der Waals surface area contributed by atoms with Gasteiger partial charge in [-0.2, -0.15) is 0 Å². The molecule has 0 radical (unpaired) electrons. The van der Waals surface area contributed by atoms with E-state index >= 15 is 0 Å². The van der Waals surface area contributed by atoms with E-state index in [-0.39, 0.29) is 10.6 Å². The SMILES string of the molecule is CCCCN(C(=O)O)c1ccc(S(=O)(=O)Nc2ccccc2Cl)cc1. The van der Waals surface area contributed by atoms with Gasteiger partial charge in [0.2, 0.25) is 0 Å². The first-order valence-electron chi connectivity index (χ1n) is 7.73. The third kappa shape index (κ3) is 4.87. The van der Waals surface area contributed by atoms with E-state index in [1.54, 1.807) is 24.3 Å². The standard InChI is InChI=1S/C17H19ClN2O4S/c1-2-3-12-20(17(21)22)13-8-10-14(11-9-13)25(23,24)19-16-7-5-4-6-15(16)18/h4-11,19H,2-3,12H2,1H3,(H,21,22). The Hall–Kier alpha value is -2.25. The number of unbranched alkanes of at least 4 members (excludes halogenated alkanes) is 1. The zero-order valence-corrected chi connectivity index (χ0v) is 15.2. The van der Waals surface area contributed by atoms with Crippen LogP contribution in [0, 0.1) is 0 Å². The molecule has 0 aliphatic rings. The molecule has 0 aromatic heterocycles. The number of sulfonamides is 1. The molecule has 25 heavy (non-hydrogen) atoms. The van der Waals surface area contributed by atoms with Gasteiger partial charge in [0.1, 0.15) is 0 Å². The van der Waals surface area contributed by atoms with Gasteiger partial charge < -0.3 is 5.11 Å². The summed E-state index contributed by atoms with van der Waals surface area (Å²) in [6.07, 6.45) is 0.511. The molecule has 0 fully saturated rings. The highest BCUT2D eigenvalue weighted by atomic mass is 35.5. The summed E-state index contributed by atoms with van der Waals surface area (Å²) >= 11 is 5.97. The smallest absolute Gasteiger partial charge is 0.411 e. The molecule has 2 aromatic rings. The van der Waals surface area contributed by atoms with Gasteiger partial charge in [-0.05, 0) is 42.8 Å². The van der Waals surface area contributed by atoms with Crippen LogP contribution in [-0.2, 0) is 10.0 Å². The van der Waals surface area contributed by atoms with Crippen molar-refractivity contribution in [3.8, 4) is 0 Å². The number of para-hydroxylation sites is 1. The van der Waals surface area contributed by atoms with E-state index in [4.69, 9.17) is 11.6 Å². The van der Waals surface area contributed by atoms with Gasteiger partial charge in [-0.3, -0.25) is 9.62 Å². The van der Waals surface area contributed by atoms with Crippen molar-refractivity contribution >= 4 is 39.1 Å². The van der Waals surface area contributed by atoms with E-state index in [1.807, 2.05) is 6.92 Å². The molecule has 0 unspecified atom stereocenters. The lowest BCUT2D eigenvalue weighted by atomic mass is 10.2. The molecule has 0 aliphatic carbocycles. The van der Waals surface area contributed by atoms with Crippen LogP contribution in [0.25, 0.3) is 0 Å². The summed E-state index contributed by atoms with van der Waals surface area (Å²) in [5, 5.41) is 9.58. The molecule has 6 nitrogen and oxygen atoms in total. The fourth-order valence-electron chi connectivity index (χ4n) is 2.20. The van der Waals surface area contributed by atoms with Crippen LogP contribution in [0.2, 0.25) is 5.02 Å². The maximum absolute atomic E-state index is 12.4. The fraction of sp³-hybridized carbons (Fsp3) is 0.235. The average molecular weight is 383 g/mol. The highest BCUT2D eigenvalue weighted by Crippen LogP contribution is 2.25. The Bertz CT molecular complexity index is 838. The first-order chi connectivity index (χ1) is 11.8. The second-order valence-electron chi connectivity index (χ2n) is 5.37. The largest absolute Gasteiger partial charge is 0.465 e. The third-order valence-corrected chi connectivity index (χ3v) is 5.25. The van der Waals surface area contributed by atoms with Crippen molar-refractivity contribution in [2.75, 3.05) is 16.2 Å². The van der Waals surface area contributed by atoms with Crippen LogP contribution in [0.1, 0.15) is 19.8 Å². The van der Waals surface area contributed by atoms with Crippen LogP contribution in [0.15, 0.2) is 53.4 Å². The normalized spacial score (nSPS) is 11.1. The highest BCUT2D eigenvalue weighted by molar-refractivity contribution is 7.92. The third-order valence-electron chi connectivity index (χ3n) is 3.54. The minimum absolute atomic E-state index is 0.0250. The molecular formula is C17H19ClN2O4S. The Morgan fingerprint density at radius 3 is 2.36 bits per heavy atom. The monoisotopic (exact) mass is 382 g/mol. The van der Waals surface area contributed by atoms with Crippen LogP contribution in [0.4, 0.5) is 16.2 Å². The predicted molar refractivity (Wildman–Crippen MR) is 99.0 cm³/mol. The number of halogens is 1. The van der Waals surface area contributed by atoms with Gasteiger partial charge in [-0.15, -0.1) is 0 Å². The Morgan fingerprint density at radius 2 is 1.80 bits per heavy atom. The first kappa shape index (κ1) is 19.1. The van der Waals surface area contributed by atoms with Crippen LogP contribution < -0.4 is 9.62 Å². The summed E-state index contributed by atoms with van der Waals surface area (Å²) in [6.45, 7) is 2.33. The fourth-order valence-corrected chi connectivity index (χ4v) is 3.52. The summed E-state index contributed by atoms with van der Waals surface area (Å²) in [7, 11) is -3.82. The highest BCUT2D eigenvalue weighted by Gasteiger charge is 2.18. The molecule has 0 aliphatic heterocycles. The summed E-state index contributed by atoms with van der Waals surface area (Å²) in [5.41, 5.74) is 0.709. The summed E-state index contributed by atoms with van der Waals surface area (Å²) in [5.74, 6) is 0. The van der Waals surface area contributed by atoms with Gasteiger partial charge in [-0.25, -0.2) is 13.2 Å². The van der Waals surface area contributed by atoms with Crippen molar-refractivity contribution in [1.29, 1.82) is 0 Å².